The van der Waals surface area contributed by atoms with Crippen molar-refractivity contribution in [2.75, 3.05) is 11.9 Å². The van der Waals surface area contributed by atoms with Crippen LogP contribution in [0.5, 0.6) is 0 Å². The topological polar surface area (TPSA) is 85.4 Å². The van der Waals surface area contributed by atoms with E-state index in [1.165, 1.54) is 4.40 Å². The van der Waals surface area contributed by atoms with Crippen LogP contribution in [0.25, 0.3) is 5.65 Å². The second-order valence-corrected chi connectivity index (χ2v) is 5.57. The number of hydrogen-bond acceptors (Lipinski definition) is 6. The number of anilines is 1. The minimum absolute atomic E-state index is 0.0416. The molecule has 0 aliphatic heterocycles. The minimum Gasteiger partial charge on any atom is -0.363 e. The van der Waals surface area contributed by atoms with Gasteiger partial charge in [-0.3, -0.25) is 0 Å². The van der Waals surface area contributed by atoms with Crippen molar-refractivity contribution in [3.05, 3.63) is 50.6 Å². The molecule has 3 aromatic rings. The van der Waals surface area contributed by atoms with Gasteiger partial charge in [0.25, 0.3) is 0 Å². The van der Waals surface area contributed by atoms with Gasteiger partial charge < -0.3 is 15.4 Å². The Kier molecular flexibility index (Phi) is 3.53. The van der Waals surface area contributed by atoms with Gasteiger partial charge in [0.05, 0.1) is 16.9 Å². The monoisotopic (exact) mass is 303 g/mol. The Morgan fingerprint density at radius 3 is 3.00 bits per heavy atom. The van der Waals surface area contributed by atoms with E-state index in [1.807, 2.05) is 12.3 Å². The first-order valence-electron chi connectivity index (χ1n) is 6.41. The third-order valence-electron chi connectivity index (χ3n) is 3.02. The first kappa shape index (κ1) is 13.5. The van der Waals surface area contributed by atoms with Crippen LogP contribution in [0, 0.1) is 17.0 Å². The van der Waals surface area contributed by atoms with Crippen molar-refractivity contribution in [1.29, 1.82) is 0 Å². The van der Waals surface area contributed by atoms with E-state index in [-0.39, 0.29) is 11.6 Å². The molecule has 0 fully saturated rings. The van der Waals surface area contributed by atoms with E-state index < -0.39 is 4.92 Å². The summed E-state index contributed by atoms with van der Waals surface area (Å²) in [5.74, 6) is 0.248. The second-order valence-electron chi connectivity index (χ2n) is 4.50. The second kappa shape index (κ2) is 5.49. The highest BCUT2D eigenvalue weighted by atomic mass is 32.1. The predicted octanol–water partition coefficient (Wildman–Crippen LogP) is 2.66. The molecule has 0 aromatic carbocycles. The third-order valence-corrected chi connectivity index (χ3v) is 3.84. The maximum absolute atomic E-state index is 11.2. The molecule has 0 aliphatic carbocycles. The number of pyridine rings is 1. The highest BCUT2D eigenvalue weighted by molar-refractivity contribution is 7.09. The molecule has 108 valence electrons. The van der Waals surface area contributed by atoms with Gasteiger partial charge >= 0.3 is 5.82 Å². The Labute approximate surface area is 124 Å². The molecule has 0 bridgehead atoms. The van der Waals surface area contributed by atoms with Crippen LogP contribution < -0.4 is 5.32 Å². The number of nitro groups is 1. The Morgan fingerprint density at radius 1 is 1.43 bits per heavy atom. The molecule has 0 saturated heterocycles. The minimum atomic E-state index is -0.421. The largest absolute Gasteiger partial charge is 0.372 e. The fraction of sp³-hybridized carbons (Fsp3) is 0.231. The molecular weight excluding hydrogens is 290 g/mol. The average Bonchev–Trinajstić information content (AvgIpc) is 3.02. The van der Waals surface area contributed by atoms with Crippen LogP contribution in [0.3, 0.4) is 0 Å². The van der Waals surface area contributed by atoms with E-state index in [9.17, 15) is 10.1 Å². The zero-order chi connectivity index (χ0) is 14.8. The van der Waals surface area contributed by atoms with Crippen molar-refractivity contribution in [2.45, 2.75) is 13.3 Å². The summed E-state index contributed by atoms with van der Waals surface area (Å²) in [7, 11) is 0. The average molecular weight is 303 g/mol. The van der Waals surface area contributed by atoms with Gasteiger partial charge in [-0.15, -0.1) is 11.3 Å². The summed E-state index contributed by atoms with van der Waals surface area (Å²) in [5.41, 5.74) is 1.53. The first-order valence-corrected chi connectivity index (χ1v) is 7.29. The summed E-state index contributed by atoms with van der Waals surface area (Å²) in [6.45, 7) is 2.50. The summed E-state index contributed by atoms with van der Waals surface area (Å²) < 4.78 is 1.47. The van der Waals surface area contributed by atoms with Crippen molar-refractivity contribution < 1.29 is 4.92 Å². The highest BCUT2D eigenvalue weighted by Gasteiger charge is 2.21. The SMILES string of the molecule is Cc1nc(CCNc2nc3ccccn3c2[N+](=O)[O-])cs1. The van der Waals surface area contributed by atoms with Gasteiger partial charge in [0.2, 0.25) is 11.5 Å². The van der Waals surface area contributed by atoms with Crippen molar-refractivity contribution in [3.63, 3.8) is 0 Å². The molecule has 0 unspecified atom stereocenters. The molecule has 8 heteroatoms. The van der Waals surface area contributed by atoms with E-state index in [1.54, 1.807) is 35.7 Å². The zero-order valence-corrected chi connectivity index (χ0v) is 12.1. The predicted molar refractivity (Wildman–Crippen MR) is 80.9 cm³/mol. The fourth-order valence-corrected chi connectivity index (χ4v) is 2.76. The normalized spacial score (nSPS) is 10.9. The Hall–Kier alpha value is -2.48. The lowest BCUT2D eigenvalue weighted by atomic mass is 10.3. The maximum Gasteiger partial charge on any atom is 0.372 e. The van der Waals surface area contributed by atoms with E-state index in [4.69, 9.17) is 0 Å². The van der Waals surface area contributed by atoms with Crippen molar-refractivity contribution in [1.82, 2.24) is 14.4 Å². The summed E-state index contributed by atoms with van der Waals surface area (Å²) in [4.78, 5) is 19.4. The number of nitrogens with one attached hydrogen (secondary N) is 1. The number of rotatable bonds is 5. The Bertz CT molecular complexity index is 795. The van der Waals surface area contributed by atoms with E-state index >= 15 is 0 Å². The molecular formula is C13H13N5O2S. The Balaban J connectivity index is 1.80. The van der Waals surface area contributed by atoms with Gasteiger partial charge in [-0.25, -0.2) is 4.98 Å². The quantitative estimate of drug-likeness (QED) is 0.578. The number of thiazole rings is 1. The summed E-state index contributed by atoms with van der Waals surface area (Å²) >= 11 is 1.60. The highest BCUT2D eigenvalue weighted by Crippen LogP contribution is 2.25. The summed E-state index contributed by atoms with van der Waals surface area (Å²) in [6, 6.07) is 5.28. The molecule has 3 aromatic heterocycles. The molecule has 3 heterocycles. The molecule has 21 heavy (non-hydrogen) atoms. The molecule has 7 nitrogen and oxygen atoms in total. The molecule has 0 amide bonds. The van der Waals surface area contributed by atoms with E-state index in [2.05, 4.69) is 15.3 Å². The van der Waals surface area contributed by atoms with Crippen molar-refractivity contribution in [2.24, 2.45) is 0 Å². The standard InChI is InChI=1S/C13H13N5O2S/c1-9-15-10(8-21-9)5-6-14-12-13(18(19)20)17-7-3-2-4-11(17)16-12/h2-4,7-8,14H,5-6H2,1H3. The smallest absolute Gasteiger partial charge is 0.363 e. The molecule has 3 rings (SSSR count). The van der Waals surface area contributed by atoms with Gasteiger partial charge in [-0.1, -0.05) is 6.07 Å². The number of imidazole rings is 1. The van der Waals surface area contributed by atoms with Crippen LogP contribution in [0.2, 0.25) is 0 Å². The van der Waals surface area contributed by atoms with Gasteiger partial charge in [0, 0.05) is 24.4 Å². The van der Waals surface area contributed by atoms with Crippen LogP contribution in [0.1, 0.15) is 10.7 Å². The Morgan fingerprint density at radius 2 is 2.29 bits per heavy atom. The number of aryl methyl sites for hydroxylation is 1. The molecule has 0 atom stereocenters. The third kappa shape index (κ3) is 2.70. The van der Waals surface area contributed by atoms with Crippen LogP contribution in [0.4, 0.5) is 11.6 Å². The summed E-state index contributed by atoms with van der Waals surface area (Å²) in [5, 5.41) is 17.3. The lowest BCUT2D eigenvalue weighted by molar-refractivity contribution is -0.389. The molecule has 0 spiro atoms. The number of fused-ring (bicyclic) bond motifs is 1. The van der Waals surface area contributed by atoms with Crippen LogP contribution in [-0.4, -0.2) is 25.8 Å². The van der Waals surface area contributed by atoms with Crippen LogP contribution in [0.15, 0.2) is 29.8 Å². The number of aromatic nitrogens is 3. The number of hydrogen-bond donors (Lipinski definition) is 1. The van der Waals surface area contributed by atoms with Gasteiger partial charge in [-0.05, 0) is 17.9 Å². The first-order chi connectivity index (χ1) is 10.1. The maximum atomic E-state index is 11.2. The van der Waals surface area contributed by atoms with E-state index in [0.717, 1.165) is 10.7 Å². The lowest BCUT2D eigenvalue weighted by Gasteiger charge is -2.01. The zero-order valence-electron chi connectivity index (χ0n) is 11.3. The van der Waals surface area contributed by atoms with Gasteiger partial charge in [0.1, 0.15) is 0 Å². The summed E-state index contributed by atoms with van der Waals surface area (Å²) in [6.07, 6.45) is 2.34. The molecule has 0 saturated carbocycles. The molecule has 0 radical (unpaired) electrons. The lowest BCUT2D eigenvalue weighted by Crippen LogP contribution is -2.07. The van der Waals surface area contributed by atoms with Gasteiger partial charge in [-0.2, -0.15) is 9.38 Å². The molecule has 0 aliphatic rings. The van der Waals surface area contributed by atoms with Crippen LogP contribution >= 0.6 is 11.3 Å². The van der Waals surface area contributed by atoms with Crippen molar-refractivity contribution >= 4 is 28.6 Å². The fourth-order valence-electron chi connectivity index (χ4n) is 2.11. The molecule has 1 N–H and O–H groups in total. The van der Waals surface area contributed by atoms with Crippen molar-refractivity contribution in [3.8, 4) is 0 Å². The van der Waals surface area contributed by atoms with E-state index in [0.29, 0.717) is 18.6 Å². The van der Waals surface area contributed by atoms with Crippen LogP contribution in [-0.2, 0) is 6.42 Å². The number of nitrogens with zero attached hydrogens (tertiary/aromatic N) is 4. The van der Waals surface area contributed by atoms with Gasteiger partial charge in [0.15, 0.2) is 0 Å².